The van der Waals surface area contributed by atoms with E-state index in [-0.39, 0.29) is 0 Å². The third kappa shape index (κ3) is 2.25. The summed E-state index contributed by atoms with van der Waals surface area (Å²) in [6, 6.07) is 10.1. The predicted octanol–water partition coefficient (Wildman–Crippen LogP) is 4.22. The summed E-state index contributed by atoms with van der Waals surface area (Å²) in [6.07, 6.45) is 2.56. The third-order valence-corrected chi connectivity index (χ3v) is 3.69. The maximum absolute atomic E-state index is 6.20. The van der Waals surface area contributed by atoms with E-state index in [0.29, 0.717) is 5.15 Å². The molecule has 0 N–H and O–H groups in total. The second kappa shape index (κ2) is 5.17. The number of aromatic nitrogens is 3. The van der Waals surface area contributed by atoms with Crippen molar-refractivity contribution in [2.75, 3.05) is 0 Å². The summed E-state index contributed by atoms with van der Waals surface area (Å²) in [5.41, 5.74) is 3.83. The minimum absolute atomic E-state index is 0.526. The van der Waals surface area contributed by atoms with E-state index in [1.807, 2.05) is 38.1 Å². The van der Waals surface area contributed by atoms with Crippen molar-refractivity contribution in [3.63, 3.8) is 0 Å². The Morgan fingerprint density at radius 2 is 2.00 bits per heavy atom. The van der Waals surface area contributed by atoms with E-state index in [1.165, 1.54) is 0 Å². The predicted molar refractivity (Wildman–Crippen MR) is 81.9 cm³/mol. The van der Waals surface area contributed by atoms with Gasteiger partial charge in [0.2, 0.25) is 0 Å². The van der Waals surface area contributed by atoms with Crippen LogP contribution >= 0.6 is 11.6 Å². The van der Waals surface area contributed by atoms with Gasteiger partial charge in [-0.2, -0.15) is 0 Å². The smallest absolute Gasteiger partial charge is 0.136 e. The van der Waals surface area contributed by atoms with Crippen LogP contribution in [0.3, 0.4) is 0 Å². The van der Waals surface area contributed by atoms with Crippen LogP contribution in [0.2, 0.25) is 5.15 Å². The minimum atomic E-state index is 0.526. The Morgan fingerprint density at radius 3 is 2.80 bits per heavy atom. The topological polar surface area (TPSA) is 38.7 Å². The minimum Gasteiger partial charge on any atom is -0.256 e. The second-order valence-electron chi connectivity index (χ2n) is 4.67. The SMILES string of the molecule is CCc1nc(Cl)c(C)c(-c2ccc3ncccc3c2)n1. The highest BCUT2D eigenvalue weighted by Crippen LogP contribution is 2.28. The maximum Gasteiger partial charge on any atom is 0.136 e. The Balaban J connectivity index is 2.22. The zero-order valence-electron chi connectivity index (χ0n) is 11.4. The molecule has 0 aliphatic rings. The van der Waals surface area contributed by atoms with Crippen LogP contribution < -0.4 is 0 Å². The van der Waals surface area contributed by atoms with Gasteiger partial charge < -0.3 is 0 Å². The summed E-state index contributed by atoms with van der Waals surface area (Å²) in [5, 5.41) is 1.62. The van der Waals surface area contributed by atoms with Gasteiger partial charge in [-0.1, -0.05) is 30.7 Å². The number of hydrogen-bond acceptors (Lipinski definition) is 3. The van der Waals surface area contributed by atoms with Crippen LogP contribution in [0.15, 0.2) is 36.5 Å². The van der Waals surface area contributed by atoms with Gasteiger partial charge in [0.05, 0.1) is 11.2 Å². The fourth-order valence-electron chi connectivity index (χ4n) is 2.19. The summed E-state index contributed by atoms with van der Waals surface area (Å²) in [5.74, 6) is 0.766. The molecule has 0 unspecified atom stereocenters. The van der Waals surface area contributed by atoms with Gasteiger partial charge in [-0.3, -0.25) is 4.98 Å². The number of aryl methyl sites for hydroxylation is 1. The van der Waals surface area contributed by atoms with Crippen LogP contribution in [0.1, 0.15) is 18.3 Å². The Kier molecular flexibility index (Phi) is 3.36. The molecule has 2 aromatic heterocycles. The number of fused-ring (bicyclic) bond motifs is 1. The van der Waals surface area contributed by atoms with E-state index in [2.05, 4.69) is 21.0 Å². The van der Waals surface area contributed by atoms with Crippen molar-refractivity contribution in [2.45, 2.75) is 20.3 Å². The lowest BCUT2D eigenvalue weighted by Gasteiger charge is -2.09. The number of benzene rings is 1. The van der Waals surface area contributed by atoms with Crippen molar-refractivity contribution >= 4 is 22.5 Å². The van der Waals surface area contributed by atoms with Gasteiger partial charge in [0.15, 0.2) is 0 Å². The van der Waals surface area contributed by atoms with Crippen LogP contribution in [-0.4, -0.2) is 15.0 Å². The van der Waals surface area contributed by atoms with Gasteiger partial charge in [0.25, 0.3) is 0 Å². The Labute approximate surface area is 122 Å². The van der Waals surface area contributed by atoms with Crippen LogP contribution in [0.25, 0.3) is 22.2 Å². The highest BCUT2D eigenvalue weighted by molar-refractivity contribution is 6.30. The second-order valence-corrected chi connectivity index (χ2v) is 5.03. The van der Waals surface area contributed by atoms with Crippen LogP contribution in [0.4, 0.5) is 0 Å². The van der Waals surface area contributed by atoms with E-state index in [1.54, 1.807) is 6.20 Å². The molecule has 20 heavy (non-hydrogen) atoms. The largest absolute Gasteiger partial charge is 0.256 e. The molecule has 0 atom stereocenters. The monoisotopic (exact) mass is 283 g/mol. The first-order chi connectivity index (χ1) is 9.69. The summed E-state index contributed by atoms with van der Waals surface area (Å²) in [6.45, 7) is 3.97. The quantitative estimate of drug-likeness (QED) is 0.661. The Hall–Kier alpha value is -2.00. The molecule has 0 saturated carbocycles. The molecule has 3 rings (SSSR count). The fourth-order valence-corrected chi connectivity index (χ4v) is 2.38. The van der Waals surface area contributed by atoms with E-state index in [4.69, 9.17) is 11.6 Å². The average molecular weight is 284 g/mol. The number of hydrogen-bond donors (Lipinski definition) is 0. The van der Waals surface area contributed by atoms with Crippen molar-refractivity contribution in [3.8, 4) is 11.3 Å². The van der Waals surface area contributed by atoms with Crippen molar-refractivity contribution in [2.24, 2.45) is 0 Å². The lowest BCUT2D eigenvalue weighted by atomic mass is 10.1. The fraction of sp³-hybridized carbons (Fsp3) is 0.188. The van der Waals surface area contributed by atoms with Gasteiger partial charge in [-0.05, 0) is 25.1 Å². The highest BCUT2D eigenvalue weighted by Gasteiger charge is 2.11. The molecule has 0 aliphatic heterocycles. The molecular weight excluding hydrogens is 270 g/mol. The van der Waals surface area contributed by atoms with Gasteiger partial charge in [-0.25, -0.2) is 9.97 Å². The van der Waals surface area contributed by atoms with Crippen molar-refractivity contribution in [1.82, 2.24) is 15.0 Å². The maximum atomic E-state index is 6.20. The zero-order chi connectivity index (χ0) is 14.1. The molecule has 3 aromatic rings. The van der Waals surface area contributed by atoms with E-state index in [0.717, 1.165) is 40.0 Å². The number of pyridine rings is 1. The summed E-state index contributed by atoms with van der Waals surface area (Å²) in [4.78, 5) is 13.2. The standard InChI is InChI=1S/C16H14ClN3/c1-3-14-19-15(10(2)16(17)20-14)12-6-7-13-11(9-12)5-4-8-18-13/h4-9H,3H2,1-2H3. The van der Waals surface area contributed by atoms with Gasteiger partial charge in [-0.15, -0.1) is 0 Å². The molecule has 0 aliphatic carbocycles. The summed E-state index contributed by atoms with van der Waals surface area (Å²) < 4.78 is 0. The van der Waals surface area contributed by atoms with Crippen molar-refractivity contribution in [1.29, 1.82) is 0 Å². The van der Waals surface area contributed by atoms with E-state index in [9.17, 15) is 0 Å². The van der Waals surface area contributed by atoms with Crippen LogP contribution in [0, 0.1) is 6.92 Å². The zero-order valence-corrected chi connectivity index (χ0v) is 12.1. The Morgan fingerprint density at radius 1 is 1.15 bits per heavy atom. The molecule has 0 radical (unpaired) electrons. The van der Waals surface area contributed by atoms with Crippen LogP contribution in [0.5, 0.6) is 0 Å². The number of halogens is 1. The average Bonchev–Trinajstić information content (AvgIpc) is 2.49. The van der Waals surface area contributed by atoms with E-state index >= 15 is 0 Å². The molecule has 100 valence electrons. The molecule has 0 spiro atoms. The van der Waals surface area contributed by atoms with Crippen molar-refractivity contribution < 1.29 is 0 Å². The van der Waals surface area contributed by atoms with Gasteiger partial charge >= 0.3 is 0 Å². The normalized spacial score (nSPS) is 10.9. The molecule has 1 aromatic carbocycles. The van der Waals surface area contributed by atoms with Crippen molar-refractivity contribution in [3.05, 3.63) is 53.1 Å². The lowest BCUT2D eigenvalue weighted by Crippen LogP contribution is -1.99. The molecule has 4 heteroatoms. The van der Waals surface area contributed by atoms with Crippen LogP contribution in [-0.2, 0) is 6.42 Å². The summed E-state index contributed by atoms with van der Waals surface area (Å²) >= 11 is 6.20. The molecule has 0 amide bonds. The molecule has 0 saturated heterocycles. The lowest BCUT2D eigenvalue weighted by molar-refractivity contribution is 0.934. The summed E-state index contributed by atoms with van der Waals surface area (Å²) in [7, 11) is 0. The molecule has 3 nitrogen and oxygen atoms in total. The first kappa shape index (κ1) is 13.0. The molecule has 0 bridgehead atoms. The van der Waals surface area contributed by atoms with Gasteiger partial charge in [0, 0.05) is 29.1 Å². The molecule has 0 fully saturated rings. The number of rotatable bonds is 2. The molecular formula is C16H14ClN3. The highest BCUT2D eigenvalue weighted by atomic mass is 35.5. The number of nitrogens with zero attached hydrogens (tertiary/aromatic N) is 3. The first-order valence-electron chi connectivity index (χ1n) is 6.57. The molecule has 2 heterocycles. The Bertz CT molecular complexity index is 784. The van der Waals surface area contributed by atoms with Gasteiger partial charge in [0.1, 0.15) is 11.0 Å². The third-order valence-electron chi connectivity index (χ3n) is 3.33. The van der Waals surface area contributed by atoms with E-state index < -0.39 is 0 Å². The first-order valence-corrected chi connectivity index (χ1v) is 6.95.